The first-order chi connectivity index (χ1) is 14.0. The smallest absolute Gasteiger partial charge is 0.175 e. The summed E-state index contributed by atoms with van der Waals surface area (Å²) in [6.45, 7) is 9.46. The molecule has 2 heterocycles. The lowest BCUT2D eigenvalue weighted by atomic mass is 10.1. The van der Waals surface area contributed by atoms with E-state index in [0.29, 0.717) is 29.9 Å². The fourth-order valence-electron chi connectivity index (χ4n) is 4.83. The summed E-state index contributed by atoms with van der Waals surface area (Å²) in [7, 11) is -3.20. The van der Waals surface area contributed by atoms with E-state index in [0.717, 1.165) is 30.1 Å². The van der Waals surface area contributed by atoms with Gasteiger partial charge in [-0.25, -0.2) is 8.42 Å². The van der Waals surface area contributed by atoms with Crippen molar-refractivity contribution < 1.29 is 18.3 Å². The first-order valence-electron chi connectivity index (χ1n) is 10.3. The molecular weight excluding hydrogens is 400 g/mol. The van der Waals surface area contributed by atoms with Crippen molar-refractivity contribution in [2.75, 3.05) is 32.5 Å². The molecule has 1 aliphatic heterocycles. The molecule has 162 valence electrons. The summed E-state index contributed by atoms with van der Waals surface area (Å²) in [4.78, 5) is 7.13. The number of piperidine rings is 1. The van der Waals surface area contributed by atoms with Gasteiger partial charge in [-0.3, -0.25) is 9.88 Å². The van der Waals surface area contributed by atoms with Gasteiger partial charge in [0, 0.05) is 37.4 Å². The Bertz CT molecular complexity index is 1010. The number of fused-ring (bicyclic) bond motifs is 1. The van der Waals surface area contributed by atoms with Crippen LogP contribution in [0.3, 0.4) is 0 Å². The molecule has 3 unspecified atom stereocenters. The fraction of sp³-hybridized carbons (Fsp3) is 0.522. The van der Waals surface area contributed by atoms with Crippen LogP contribution in [0.4, 0.5) is 0 Å². The lowest BCUT2D eigenvalue weighted by molar-refractivity contribution is 0.0356. The first kappa shape index (κ1) is 21.3. The number of likely N-dealkylation sites (tertiary alicyclic amines) is 1. The molecule has 1 aliphatic carbocycles. The zero-order valence-corrected chi connectivity index (χ0v) is 18.8. The molecule has 1 aromatic heterocycles. The van der Waals surface area contributed by atoms with Crippen molar-refractivity contribution >= 4 is 9.84 Å². The Kier molecular flexibility index (Phi) is 5.19. The van der Waals surface area contributed by atoms with Crippen molar-refractivity contribution in [1.29, 1.82) is 0 Å². The van der Waals surface area contributed by atoms with Gasteiger partial charge in [-0.15, -0.1) is 0 Å². The maximum absolute atomic E-state index is 11.6. The van der Waals surface area contributed by atoms with Crippen LogP contribution < -0.4 is 4.74 Å². The Morgan fingerprint density at radius 2 is 1.93 bits per heavy atom. The van der Waals surface area contributed by atoms with Crippen molar-refractivity contribution in [2.24, 2.45) is 17.3 Å². The molecule has 2 aliphatic rings. The quantitative estimate of drug-likeness (QED) is 0.728. The molecule has 1 N–H and O–H groups in total. The van der Waals surface area contributed by atoms with Crippen molar-refractivity contribution in [2.45, 2.75) is 31.3 Å². The van der Waals surface area contributed by atoms with Crippen molar-refractivity contribution in [3.05, 3.63) is 42.6 Å². The highest BCUT2D eigenvalue weighted by Gasteiger charge is 2.65. The highest BCUT2D eigenvalue weighted by atomic mass is 32.2. The van der Waals surface area contributed by atoms with Crippen LogP contribution in [0.25, 0.3) is 11.3 Å². The maximum atomic E-state index is 11.6. The minimum Gasteiger partial charge on any atom is -0.492 e. The highest BCUT2D eigenvalue weighted by Crippen LogP contribution is 2.62. The lowest BCUT2D eigenvalue weighted by Crippen LogP contribution is -2.39. The Morgan fingerprint density at radius 1 is 1.23 bits per heavy atom. The summed E-state index contributed by atoms with van der Waals surface area (Å²) >= 11 is 0. The third-order valence-corrected chi connectivity index (χ3v) is 7.57. The number of sulfone groups is 1. The zero-order chi connectivity index (χ0) is 21.7. The van der Waals surface area contributed by atoms with Gasteiger partial charge in [0.05, 0.1) is 29.0 Å². The van der Waals surface area contributed by atoms with E-state index in [-0.39, 0.29) is 5.41 Å². The number of ether oxygens (including phenoxy) is 1. The van der Waals surface area contributed by atoms with Crippen molar-refractivity contribution in [3.63, 3.8) is 0 Å². The first-order valence-corrected chi connectivity index (χ1v) is 12.2. The number of benzene rings is 1. The average molecular weight is 431 g/mol. The number of rotatable bonds is 7. The molecular formula is C23H30N2O4S. The summed E-state index contributed by atoms with van der Waals surface area (Å²) in [6, 6.07) is 10.5. The number of nitrogens with zero attached hydrogens (tertiary/aromatic N) is 2. The molecule has 0 radical (unpaired) electrons. The van der Waals surface area contributed by atoms with E-state index in [1.165, 1.54) is 6.26 Å². The largest absolute Gasteiger partial charge is 0.492 e. The van der Waals surface area contributed by atoms with Gasteiger partial charge in [0.2, 0.25) is 0 Å². The molecule has 2 fully saturated rings. The van der Waals surface area contributed by atoms with Gasteiger partial charge < -0.3 is 9.84 Å². The van der Waals surface area contributed by atoms with Gasteiger partial charge in [-0.05, 0) is 49.4 Å². The van der Waals surface area contributed by atoms with E-state index < -0.39 is 15.4 Å². The lowest BCUT2D eigenvalue weighted by Gasteiger charge is -2.28. The van der Waals surface area contributed by atoms with Crippen LogP contribution in [-0.4, -0.2) is 61.5 Å². The van der Waals surface area contributed by atoms with Crippen LogP contribution in [0, 0.1) is 17.3 Å². The normalized spacial score (nSPS) is 26.4. The van der Waals surface area contributed by atoms with Crippen LogP contribution in [-0.2, 0) is 9.84 Å². The molecule has 2 aromatic rings. The van der Waals surface area contributed by atoms with Crippen LogP contribution in [0.1, 0.15) is 20.8 Å². The van der Waals surface area contributed by atoms with E-state index in [4.69, 9.17) is 4.74 Å². The number of β-amino-alcohol motifs (C(OH)–C–C–N with tert-alkyl or cyclic N) is 1. The second-order valence-electron chi connectivity index (χ2n) is 9.69. The minimum atomic E-state index is -3.20. The molecule has 4 rings (SSSR count). The van der Waals surface area contributed by atoms with E-state index in [2.05, 4.69) is 16.8 Å². The Hall–Kier alpha value is -1.96. The number of pyridine rings is 1. The molecule has 1 saturated heterocycles. The molecule has 0 spiro atoms. The summed E-state index contributed by atoms with van der Waals surface area (Å²) in [5.74, 6) is 1.91. The van der Waals surface area contributed by atoms with Crippen molar-refractivity contribution in [3.8, 4) is 17.0 Å². The summed E-state index contributed by atoms with van der Waals surface area (Å²) < 4.78 is 29.2. The van der Waals surface area contributed by atoms with Crippen LogP contribution in [0.15, 0.2) is 47.5 Å². The molecule has 1 aromatic carbocycles. The standard InChI is InChI=1S/C23H30N2O4S/c1-22(2,26)14-25-12-19-20(23(19,3)15-25)13-29-17-7-10-21(24-11-17)16-5-8-18(9-6-16)30(4,27)28/h5-11,19-20,26H,12-15H2,1-4H3. The Morgan fingerprint density at radius 3 is 2.43 bits per heavy atom. The fourth-order valence-corrected chi connectivity index (χ4v) is 5.46. The van der Waals surface area contributed by atoms with Gasteiger partial charge in [0.1, 0.15) is 5.75 Å². The second kappa shape index (κ2) is 7.32. The van der Waals surface area contributed by atoms with Gasteiger partial charge in [-0.2, -0.15) is 0 Å². The monoisotopic (exact) mass is 430 g/mol. The zero-order valence-electron chi connectivity index (χ0n) is 18.0. The van der Waals surface area contributed by atoms with Crippen molar-refractivity contribution in [1.82, 2.24) is 9.88 Å². The second-order valence-corrected chi connectivity index (χ2v) is 11.7. The predicted molar refractivity (Wildman–Crippen MR) is 116 cm³/mol. The van der Waals surface area contributed by atoms with Crippen LogP contribution >= 0.6 is 0 Å². The van der Waals surface area contributed by atoms with Gasteiger partial charge in [-0.1, -0.05) is 19.1 Å². The molecule has 1 saturated carbocycles. The van der Waals surface area contributed by atoms with Crippen LogP contribution in [0.5, 0.6) is 5.75 Å². The van der Waals surface area contributed by atoms with Crippen LogP contribution in [0.2, 0.25) is 0 Å². The molecule has 6 nitrogen and oxygen atoms in total. The van der Waals surface area contributed by atoms with Gasteiger partial charge in [0.15, 0.2) is 9.84 Å². The Balaban J connectivity index is 1.31. The molecule has 7 heteroatoms. The summed E-state index contributed by atoms with van der Waals surface area (Å²) in [5, 5.41) is 10.0. The summed E-state index contributed by atoms with van der Waals surface area (Å²) in [5.41, 5.74) is 1.27. The number of hydrogen-bond donors (Lipinski definition) is 1. The number of hydrogen-bond acceptors (Lipinski definition) is 6. The van der Waals surface area contributed by atoms with E-state index in [1.807, 2.05) is 26.0 Å². The molecule has 3 atom stereocenters. The number of aliphatic hydroxyl groups is 1. The topological polar surface area (TPSA) is 79.7 Å². The number of aromatic nitrogens is 1. The third kappa shape index (κ3) is 4.38. The SMILES string of the molecule is CC(C)(O)CN1CC2C(COc3ccc(-c4ccc(S(C)(=O)=O)cc4)nc3)C2(C)C1. The van der Waals surface area contributed by atoms with Gasteiger partial charge >= 0.3 is 0 Å². The summed E-state index contributed by atoms with van der Waals surface area (Å²) in [6.07, 6.45) is 2.92. The average Bonchev–Trinajstić information content (AvgIpc) is 3.02. The minimum absolute atomic E-state index is 0.278. The molecule has 30 heavy (non-hydrogen) atoms. The van der Waals surface area contributed by atoms with E-state index in [1.54, 1.807) is 30.5 Å². The van der Waals surface area contributed by atoms with E-state index >= 15 is 0 Å². The highest BCUT2D eigenvalue weighted by molar-refractivity contribution is 7.90. The maximum Gasteiger partial charge on any atom is 0.175 e. The third-order valence-electron chi connectivity index (χ3n) is 6.44. The van der Waals surface area contributed by atoms with E-state index in [9.17, 15) is 13.5 Å². The predicted octanol–water partition coefficient (Wildman–Crippen LogP) is 2.87. The molecule has 0 bridgehead atoms. The van der Waals surface area contributed by atoms with Gasteiger partial charge in [0.25, 0.3) is 0 Å². The Labute approximate surface area is 178 Å². The molecule has 0 amide bonds.